The molecule has 128 valence electrons. The predicted molar refractivity (Wildman–Crippen MR) is 101 cm³/mol. The van der Waals surface area contributed by atoms with Crippen molar-refractivity contribution in [1.82, 2.24) is 14.7 Å². The van der Waals surface area contributed by atoms with Crippen molar-refractivity contribution in [2.75, 3.05) is 6.54 Å². The molecule has 0 radical (unpaired) electrons. The van der Waals surface area contributed by atoms with Crippen molar-refractivity contribution in [3.05, 3.63) is 77.0 Å². The second kappa shape index (κ2) is 7.86. The summed E-state index contributed by atoms with van der Waals surface area (Å²) in [6, 6.07) is 16.4. The van der Waals surface area contributed by atoms with E-state index in [1.54, 1.807) is 36.7 Å². The highest BCUT2D eigenvalue weighted by Gasteiger charge is 2.16. The highest BCUT2D eigenvalue weighted by molar-refractivity contribution is 9.10. The number of nitrogens with one attached hydrogen (secondary N) is 1. The molecular formula is C18H16BrN3O2S. The van der Waals surface area contributed by atoms with E-state index in [1.165, 1.54) is 0 Å². The molecule has 0 aliphatic carbocycles. The van der Waals surface area contributed by atoms with Crippen LogP contribution in [0.15, 0.2) is 76.4 Å². The number of benzene rings is 2. The zero-order valence-electron chi connectivity index (χ0n) is 13.3. The van der Waals surface area contributed by atoms with E-state index in [-0.39, 0.29) is 11.4 Å². The van der Waals surface area contributed by atoms with E-state index in [0.717, 1.165) is 11.1 Å². The van der Waals surface area contributed by atoms with Gasteiger partial charge in [-0.25, -0.2) is 23.1 Å². The lowest BCUT2D eigenvalue weighted by Gasteiger charge is -2.08. The van der Waals surface area contributed by atoms with Crippen LogP contribution in [0.3, 0.4) is 0 Å². The Morgan fingerprint density at radius 1 is 0.920 bits per heavy atom. The van der Waals surface area contributed by atoms with E-state index >= 15 is 0 Å². The van der Waals surface area contributed by atoms with E-state index in [2.05, 4.69) is 30.6 Å². The van der Waals surface area contributed by atoms with Crippen LogP contribution < -0.4 is 4.72 Å². The molecule has 1 heterocycles. The third kappa shape index (κ3) is 4.50. The highest BCUT2D eigenvalue weighted by Crippen LogP contribution is 2.20. The van der Waals surface area contributed by atoms with E-state index in [9.17, 15) is 8.42 Å². The average Bonchev–Trinajstić information content (AvgIpc) is 2.63. The summed E-state index contributed by atoms with van der Waals surface area (Å²) >= 11 is 3.26. The highest BCUT2D eigenvalue weighted by atomic mass is 79.9. The Morgan fingerprint density at radius 3 is 2.24 bits per heavy atom. The van der Waals surface area contributed by atoms with Crippen molar-refractivity contribution in [3.8, 4) is 11.4 Å². The van der Waals surface area contributed by atoms with Gasteiger partial charge in [0.15, 0.2) is 5.82 Å². The number of hydrogen-bond acceptors (Lipinski definition) is 4. The minimum atomic E-state index is -3.55. The summed E-state index contributed by atoms with van der Waals surface area (Å²) in [5, 5.41) is 0. The SMILES string of the molecule is O=S(=O)(NCCc1cnc(-c2ccccc2)nc1)c1ccccc1Br. The Bertz CT molecular complexity index is 946. The average molecular weight is 418 g/mol. The number of hydrogen-bond donors (Lipinski definition) is 1. The fraction of sp³-hybridized carbons (Fsp3) is 0.111. The van der Waals surface area contributed by atoms with Gasteiger partial charge in [-0.3, -0.25) is 0 Å². The van der Waals surface area contributed by atoms with Gasteiger partial charge in [0.25, 0.3) is 0 Å². The van der Waals surface area contributed by atoms with Gasteiger partial charge in [-0.05, 0) is 40.0 Å². The fourth-order valence-corrected chi connectivity index (χ4v) is 4.32. The fourth-order valence-electron chi connectivity index (χ4n) is 2.29. The van der Waals surface area contributed by atoms with E-state index in [1.807, 2.05) is 30.3 Å². The van der Waals surface area contributed by atoms with Gasteiger partial charge in [-0.1, -0.05) is 42.5 Å². The number of sulfonamides is 1. The molecule has 0 saturated heterocycles. The molecule has 25 heavy (non-hydrogen) atoms. The zero-order valence-corrected chi connectivity index (χ0v) is 15.7. The van der Waals surface area contributed by atoms with E-state index < -0.39 is 10.0 Å². The van der Waals surface area contributed by atoms with Crippen LogP contribution in [0, 0.1) is 0 Å². The van der Waals surface area contributed by atoms with Crippen molar-refractivity contribution in [1.29, 1.82) is 0 Å². The maximum atomic E-state index is 12.3. The summed E-state index contributed by atoms with van der Waals surface area (Å²) in [4.78, 5) is 8.91. The van der Waals surface area contributed by atoms with E-state index in [0.29, 0.717) is 16.7 Å². The third-order valence-electron chi connectivity index (χ3n) is 3.57. The molecule has 3 aromatic rings. The number of rotatable bonds is 6. The lowest BCUT2D eigenvalue weighted by Crippen LogP contribution is -2.26. The Balaban J connectivity index is 1.62. The first kappa shape index (κ1) is 17.7. The summed E-state index contributed by atoms with van der Waals surface area (Å²) in [6.45, 7) is 0.276. The second-order valence-corrected chi connectivity index (χ2v) is 7.95. The lowest BCUT2D eigenvalue weighted by molar-refractivity contribution is 0.581. The molecule has 5 nitrogen and oxygen atoms in total. The Morgan fingerprint density at radius 2 is 1.56 bits per heavy atom. The molecular weight excluding hydrogens is 402 g/mol. The van der Waals surface area contributed by atoms with Gasteiger partial charge >= 0.3 is 0 Å². The second-order valence-electron chi connectivity index (χ2n) is 5.36. The quantitative estimate of drug-likeness (QED) is 0.666. The van der Waals surface area contributed by atoms with Crippen LogP contribution in [0.2, 0.25) is 0 Å². The van der Waals surface area contributed by atoms with Crippen molar-refractivity contribution in [2.45, 2.75) is 11.3 Å². The van der Waals surface area contributed by atoms with Crippen molar-refractivity contribution >= 4 is 26.0 Å². The van der Waals surface area contributed by atoms with E-state index in [4.69, 9.17) is 0 Å². The number of aromatic nitrogens is 2. The van der Waals surface area contributed by atoms with Crippen LogP contribution in [-0.2, 0) is 16.4 Å². The van der Waals surface area contributed by atoms with Gasteiger partial charge in [0, 0.05) is 29.0 Å². The Hall–Kier alpha value is -2.09. The van der Waals surface area contributed by atoms with Gasteiger partial charge in [0.1, 0.15) is 0 Å². The first-order valence-corrected chi connectivity index (χ1v) is 9.94. The monoisotopic (exact) mass is 417 g/mol. The zero-order chi connectivity index (χ0) is 17.7. The molecule has 0 unspecified atom stereocenters. The van der Waals surface area contributed by atoms with Crippen LogP contribution in [-0.4, -0.2) is 24.9 Å². The standard InChI is InChI=1S/C18H16BrN3O2S/c19-16-8-4-5-9-17(16)25(23,24)22-11-10-14-12-20-18(21-13-14)15-6-2-1-3-7-15/h1-9,12-13,22H,10-11H2. The molecule has 0 aliphatic heterocycles. The predicted octanol–water partition coefficient (Wildman–Crippen LogP) is 3.43. The summed E-state index contributed by atoms with van der Waals surface area (Å²) in [6.07, 6.45) is 3.96. The first-order chi connectivity index (χ1) is 12.1. The van der Waals surface area contributed by atoms with Gasteiger partial charge in [-0.15, -0.1) is 0 Å². The van der Waals surface area contributed by atoms with Crippen LogP contribution in [0.1, 0.15) is 5.56 Å². The summed E-state index contributed by atoms with van der Waals surface area (Å²) in [7, 11) is -3.55. The molecule has 0 saturated carbocycles. The van der Waals surface area contributed by atoms with Crippen molar-refractivity contribution < 1.29 is 8.42 Å². The summed E-state index contributed by atoms with van der Waals surface area (Å²) in [5.41, 5.74) is 1.82. The number of halogens is 1. The minimum Gasteiger partial charge on any atom is -0.236 e. The molecule has 0 aliphatic rings. The number of nitrogens with zero attached hydrogens (tertiary/aromatic N) is 2. The molecule has 3 rings (SSSR count). The molecule has 2 aromatic carbocycles. The molecule has 0 atom stereocenters. The topological polar surface area (TPSA) is 72.0 Å². The molecule has 0 bridgehead atoms. The smallest absolute Gasteiger partial charge is 0.236 e. The summed E-state index contributed by atoms with van der Waals surface area (Å²) < 4.78 is 27.8. The minimum absolute atomic E-state index is 0.227. The first-order valence-electron chi connectivity index (χ1n) is 7.67. The van der Waals surface area contributed by atoms with Crippen LogP contribution in [0.5, 0.6) is 0 Å². The molecule has 1 N–H and O–H groups in total. The maximum Gasteiger partial charge on any atom is 0.241 e. The Kier molecular flexibility index (Phi) is 5.57. The largest absolute Gasteiger partial charge is 0.241 e. The van der Waals surface area contributed by atoms with Gasteiger partial charge in [0.05, 0.1) is 4.90 Å². The third-order valence-corrected chi connectivity index (χ3v) is 6.04. The molecule has 7 heteroatoms. The Labute approximate surface area is 155 Å². The maximum absolute atomic E-state index is 12.3. The lowest BCUT2D eigenvalue weighted by atomic mass is 10.2. The molecule has 0 fully saturated rings. The van der Waals surface area contributed by atoms with Gasteiger partial charge in [-0.2, -0.15) is 0 Å². The molecule has 1 aromatic heterocycles. The van der Waals surface area contributed by atoms with Crippen LogP contribution in [0.25, 0.3) is 11.4 Å². The van der Waals surface area contributed by atoms with Crippen molar-refractivity contribution in [3.63, 3.8) is 0 Å². The summed E-state index contributed by atoms with van der Waals surface area (Å²) in [5.74, 6) is 0.651. The van der Waals surface area contributed by atoms with Gasteiger partial charge in [0.2, 0.25) is 10.0 Å². The van der Waals surface area contributed by atoms with Crippen LogP contribution >= 0.6 is 15.9 Å². The normalized spacial score (nSPS) is 11.4. The van der Waals surface area contributed by atoms with Crippen molar-refractivity contribution in [2.24, 2.45) is 0 Å². The molecule has 0 amide bonds. The van der Waals surface area contributed by atoms with Gasteiger partial charge < -0.3 is 0 Å². The molecule has 0 spiro atoms. The van der Waals surface area contributed by atoms with Crippen LogP contribution in [0.4, 0.5) is 0 Å².